The van der Waals surface area contributed by atoms with Crippen molar-refractivity contribution in [3.63, 3.8) is 0 Å². The van der Waals surface area contributed by atoms with Crippen LogP contribution >= 0.6 is 11.6 Å². The summed E-state index contributed by atoms with van der Waals surface area (Å²) in [6.45, 7) is -0.158. The van der Waals surface area contributed by atoms with Gasteiger partial charge >= 0.3 is 0 Å². The van der Waals surface area contributed by atoms with Gasteiger partial charge in [0.05, 0.1) is 23.4 Å². The molecule has 0 fully saturated rings. The van der Waals surface area contributed by atoms with Crippen LogP contribution in [-0.2, 0) is 11.3 Å². The van der Waals surface area contributed by atoms with E-state index in [1.54, 1.807) is 48.5 Å². The summed E-state index contributed by atoms with van der Waals surface area (Å²) in [7, 11) is 0. The van der Waals surface area contributed by atoms with Crippen LogP contribution in [0.15, 0.2) is 64.8 Å². The zero-order valence-electron chi connectivity index (χ0n) is 12.5. The first kappa shape index (κ1) is 15.9. The number of benzene rings is 2. The van der Waals surface area contributed by atoms with E-state index in [1.807, 2.05) is 0 Å². The Morgan fingerprint density at radius 1 is 1.21 bits per heavy atom. The number of nitrogens with zero attached hydrogens (tertiary/aromatic N) is 3. The summed E-state index contributed by atoms with van der Waals surface area (Å²) in [6.07, 6.45) is 2.85. The van der Waals surface area contributed by atoms with Crippen molar-refractivity contribution in [1.29, 1.82) is 0 Å². The van der Waals surface area contributed by atoms with E-state index in [9.17, 15) is 9.59 Å². The average molecular weight is 341 g/mol. The monoisotopic (exact) mass is 340 g/mol. The number of rotatable bonds is 4. The van der Waals surface area contributed by atoms with Gasteiger partial charge in [0.15, 0.2) is 0 Å². The summed E-state index contributed by atoms with van der Waals surface area (Å²) in [6, 6.07) is 14.0. The molecule has 24 heavy (non-hydrogen) atoms. The minimum atomic E-state index is -0.417. The molecule has 120 valence electrons. The van der Waals surface area contributed by atoms with Gasteiger partial charge in [0.2, 0.25) is 0 Å². The molecule has 0 radical (unpaired) electrons. The lowest BCUT2D eigenvalue weighted by atomic mass is 10.2. The van der Waals surface area contributed by atoms with Crippen molar-refractivity contribution in [3.8, 4) is 0 Å². The third-order valence-corrected chi connectivity index (χ3v) is 3.57. The van der Waals surface area contributed by atoms with Crippen LogP contribution in [0.3, 0.4) is 0 Å². The van der Waals surface area contributed by atoms with Crippen LogP contribution in [0.4, 0.5) is 0 Å². The van der Waals surface area contributed by atoms with Gasteiger partial charge in [0.1, 0.15) is 6.54 Å². The van der Waals surface area contributed by atoms with Crippen LogP contribution in [0.5, 0.6) is 0 Å². The van der Waals surface area contributed by atoms with Gasteiger partial charge in [-0.1, -0.05) is 35.9 Å². The molecule has 3 aromatic rings. The first-order chi connectivity index (χ1) is 11.6. The predicted octanol–water partition coefficient (Wildman–Crippen LogP) is 2.20. The van der Waals surface area contributed by atoms with E-state index in [-0.39, 0.29) is 12.1 Å². The Labute approximate surface area is 142 Å². The highest BCUT2D eigenvalue weighted by molar-refractivity contribution is 6.30. The van der Waals surface area contributed by atoms with E-state index in [0.717, 1.165) is 5.56 Å². The van der Waals surface area contributed by atoms with Crippen LogP contribution in [-0.4, -0.2) is 21.7 Å². The topological polar surface area (TPSA) is 76.3 Å². The number of halogens is 1. The van der Waals surface area contributed by atoms with Gasteiger partial charge < -0.3 is 0 Å². The SMILES string of the molecule is O=C(Cn1cnc2ccccc2c1=O)N/N=C/c1ccc(Cl)cc1. The minimum Gasteiger partial charge on any atom is -0.289 e. The zero-order valence-corrected chi connectivity index (χ0v) is 13.3. The van der Waals surface area contributed by atoms with Crippen molar-refractivity contribution in [3.05, 3.63) is 75.8 Å². The molecular formula is C17H13ClN4O2. The molecular weight excluding hydrogens is 328 g/mol. The van der Waals surface area contributed by atoms with Gasteiger partial charge in [0.25, 0.3) is 11.5 Å². The van der Waals surface area contributed by atoms with E-state index >= 15 is 0 Å². The zero-order chi connectivity index (χ0) is 16.9. The molecule has 6 nitrogen and oxygen atoms in total. The third kappa shape index (κ3) is 3.67. The van der Waals surface area contributed by atoms with Gasteiger partial charge in [0, 0.05) is 5.02 Å². The molecule has 0 atom stereocenters. The van der Waals surface area contributed by atoms with Gasteiger partial charge in [-0.2, -0.15) is 5.10 Å². The Balaban J connectivity index is 1.68. The van der Waals surface area contributed by atoms with Crippen LogP contribution in [0.2, 0.25) is 5.02 Å². The number of carbonyl (C=O) groups excluding carboxylic acids is 1. The Bertz CT molecular complexity index is 964. The van der Waals surface area contributed by atoms with E-state index < -0.39 is 5.91 Å². The van der Waals surface area contributed by atoms with E-state index in [0.29, 0.717) is 15.9 Å². The molecule has 7 heteroatoms. The summed E-state index contributed by atoms with van der Waals surface area (Å²) < 4.78 is 1.25. The molecule has 3 rings (SSSR count). The number of carbonyl (C=O) groups is 1. The lowest BCUT2D eigenvalue weighted by Gasteiger charge is -2.05. The molecule has 0 saturated heterocycles. The van der Waals surface area contributed by atoms with Crippen molar-refractivity contribution in [1.82, 2.24) is 15.0 Å². The standard InChI is InChI=1S/C17H13ClN4O2/c18-13-7-5-12(6-8-13)9-20-21-16(23)10-22-11-19-15-4-2-1-3-14(15)17(22)24/h1-9,11H,10H2,(H,21,23)/b20-9+. The average Bonchev–Trinajstić information content (AvgIpc) is 2.59. The number of hydrazone groups is 1. The number of aromatic nitrogens is 2. The fourth-order valence-electron chi connectivity index (χ4n) is 2.14. The second kappa shape index (κ2) is 7.06. The van der Waals surface area contributed by atoms with Crippen LogP contribution < -0.4 is 11.0 Å². The van der Waals surface area contributed by atoms with E-state index in [4.69, 9.17) is 11.6 Å². The Morgan fingerprint density at radius 3 is 2.75 bits per heavy atom. The maximum absolute atomic E-state index is 12.3. The summed E-state index contributed by atoms with van der Waals surface area (Å²) >= 11 is 5.79. The molecule has 0 aliphatic rings. The highest BCUT2D eigenvalue weighted by Crippen LogP contribution is 2.07. The number of nitrogens with one attached hydrogen (secondary N) is 1. The number of para-hydroxylation sites is 1. The van der Waals surface area contributed by atoms with Crippen molar-refractivity contribution in [2.75, 3.05) is 0 Å². The van der Waals surface area contributed by atoms with Crippen molar-refractivity contribution in [2.24, 2.45) is 5.10 Å². The summed E-state index contributed by atoms with van der Waals surface area (Å²) in [5.74, 6) is -0.417. The van der Waals surface area contributed by atoms with Gasteiger partial charge in [-0.3, -0.25) is 14.2 Å². The number of amides is 1. The van der Waals surface area contributed by atoms with Gasteiger partial charge in [-0.05, 0) is 29.8 Å². The molecule has 0 spiro atoms. The second-order valence-electron chi connectivity index (χ2n) is 5.04. The molecule has 1 aromatic heterocycles. The molecule has 2 aromatic carbocycles. The van der Waals surface area contributed by atoms with Crippen molar-refractivity contribution in [2.45, 2.75) is 6.54 Å². The second-order valence-corrected chi connectivity index (χ2v) is 5.48. The number of hydrogen-bond acceptors (Lipinski definition) is 4. The summed E-state index contributed by atoms with van der Waals surface area (Å²) in [5, 5.41) is 4.95. The Morgan fingerprint density at radius 2 is 1.96 bits per heavy atom. The largest absolute Gasteiger partial charge is 0.289 e. The normalized spacial score (nSPS) is 11.0. The molecule has 1 heterocycles. The third-order valence-electron chi connectivity index (χ3n) is 3.32. The lowest BCUT2D eigenvalue weighted by molar-refractivity contribution is -0.121. The highest BCUT2D eigenvalue weighted by Gasteiger charge is 2.07. The first-order valence-corrected chi connectivity index (χ1v) is 7.53. The molecule has 0 aliphatic carbocycles. The van der Waals surface area contributed by atoms with Crippen molar-refractivity contribution >= 4 is 34.6 Å². The number of hydrogen-bond donors (Lipinski definition) is 1. The maximum atomic E-state index is 12.3. The summed E-state index contributed by atoms with van der Waals surface area (Å²) in [5.41, 5.74) is 3.51. The fourth-order valence-corrected chi connectivity index (χ4v) is 2.26. The Kier molecular flexibility index (Phi) is 4.67. The quantitative estimate of drug-likeness (QED) is 0.584. The van der Waals surface area contributed by atoms with Crippen LogP contribution in [0, 0.1) is 0 Å². The maximum Gasteiger partial charge on any atom is 0.261 e. The minimum absolute atomic E-state index is 0.158. The Hall–Kier alpha value is -2.99. The highest BCUT2D eigenvalue weighted by atomic mass is 35.5. The molecule has 1 N–H and O–H groups in total. The number of fused-ring (bicyclic) bond motifs is 1. The molecule has 1 amide bonds. The first-order valence-electron chi connectivity index (χ1n) is 7.15. The molecule has 0 unspecified atom stereocenters. The van der Waals surface area contributed by atoms with Gasteiger partial charge in [-0.15, -0.1) is 0 Å². The predicted molar refractivity (Wildman–Crippen MR) is 93.2 cm³/mol. The van der Waals surface area contributed by atoms with Crippen LogP contribution in [0.1, 0.15) is 5.56 Å². The summed E-state index contributed by atoms with van der Waals surface area (Å²) in [4.78, 5) is 28.4. The van der Waals surface area contributed by atoms with Gasteiger partial charge in [-0.25, -0.2) is 10.4 Å². The van der Waals surface area contributed by atoms with Crippen LogP contribution in [0.25, 0.3) is 10.9 Å². The molecule has 0 aliphatic heterocycles. The van der Waals surface area contributed by atoms with E-state index in [1.165, 1.54) is 17.1 Å². The van der Waals surface area contributed by atoms with E-state index in [2.05, 4.69) is 15.5 Å². The van der Waals surface area contributed by atoms with Crippen molar-refractivity contribution < 1.29 is 4.79 Å². The molecule has 0 bridgehead atoms. The fraction of sp³-hybridized carbons (Fsp3) is 0.0588. The smallest absolute Gasteiger partial charge is 0.261 e. The lowest BCUT2D eigenvalue weighted by Crippen LogP contribution is -2.30. The molecule has 0 saturated carbocycles.